The summed E-state index contributed by atoms with van der Waals surface area (Å²) >= 11 is 0. The number of aliphatic carboxylic acids is 1. The molecule has 0 heterocycles. The second-order valence-electron chi connectivity index (χ2n) is 13.3. The SMILES string of the molecule is CC(C)=CCC[C@H](C(=O)O)[C@@H]1CC[C@]2(C)C3=C(CC[C@@]12C)[C@@]1(C)CCC(=O)C(C)(C)[C@H]1CC3. The van der Waals surface area contributed by atoms with Crippen LogP contribution in [0.25, 0.3) is 0 Å². The summed E-state index contributed by atoms with van der Waals surface area (Å²) in [6.07, 6.45) is 12.0. The minimum atomic E-state index is -0.601. The van der Waals surface area contributed by atoms with Gasteiger partial charge in [-0.15, -0.1) is 0 Å². The van der Waals surface area contributed by atoms with Crippen molar-refractivity contribution in [1.29, 1.82) is 0 Å². The molecule has 0 aromatic rings. The first-order valence-corrected chi connectivity index (χ1v) is 13.4. The highest BCUT2D eigenvalue weighted by molar-refractivity contribution is 5.85. The van der Waals surface area contributed by atoms with Crippen molar-refractivity contribution in [3.8, 4) is 0 Å². The van der Waals surface area contributed by atoms with E-state index in [1.807, 2.05) is 0 Å². The van der Waals surface area contributed by atoms with E-state index < -0.39 is 5.97 Å². The zero-order valence-corrected chi connectivity index (χ0v) is 22.1. The lowest BCUT2D eigenvalue weighted by atomic mass is 9.43. The largest absolute Gasteiger partial charge is 0.481 e. The Bertz CT molecular complexity index is 904. The average Bonchev–Trinajstić information content (AvgIpc) is 3.00. The number of Topliss-reactive ketones (excluding diaryl/α,β-unsaturated/α-hetero) is 1. The normalized spacial score (nSPS) is 40.5. The number of hydrogen-bond donors (Lipinski definition) is 1. The van der Waals surface area contributed by atoms with Crippen LogP contribution in [0.4, 0.5) is 0 Å². The minimum absolute atomic E-state index is 0.0447. The summed E-state index contributed by atoms with van der Waals surface area (Å²) in [5.74, 6) is 0.270. The van der Waals surface area contributed by atoms with Crippen molar-refractivity contribution < 1.29 is 14.7 Å². The Morgan fingerprint density at radius 2 is 1.70 bits per heavy atom. The summed E-state index contributed by atoms with van der Waals surface area (Å²) < 4.78 is 0. The van der Waals surface area contributed by atoms with Gasteiger partial charge in [0.25, 0.3) is 0 Å². The Morgan fingerprint density at radius 1 is 1.00 bits per heavy atom. The van der Waals surface area contributed by atoms with Crippen LogP contribution in [0, 0.1) is 39.4 Å². The van der Waals surface area contributed by atoms with Gasteiger partial charge in [-0.3, -0.25) is 9.59 Å². The molecule has 0 saturated heterocycles. The fourth-order valence-corrected chi connectivity index (χ4v) is 9.22. The predicted molar refractivity (Wildman–Crippen MR) is 134 cm³/mol. The van der Waals surface area contributed by atoms with E-state index in [4.69, 9.17) is 0 Å². The van der Waals surface area contributed by atoms with E-state index in [1.165, 1.54) is 5.57 Å². The maximum Gasteiger partial charge on any atom is 0.306 e. The van der Waals surface area contributed by atoms with Gasteiger partial charge < -0.3 is 5.11 Å². The molecule has 2 fully saturated rings. The van der Waals surface area contributed by atoms with Crippen LogP contribution < -0.4 is 0 Å². The van der Waals surface area contributed by atoms with Crippen molar-refractivity contribution in [2.24, 2.45) is 39.4 Å². The second kappa shape index (κ2) is 8.09. The van der Waals surface area contributed by atoms with Crippen molar-refractivity contribution >= 4 is 11.8 Å². The summed E-state index contributed by atoms with van der Waals surface area (Å²) in [4.78, 5) is 25.2. The summed E-state index contributed by atoms with van der Waals surface area (Å²) in [7, 11) is 0. The van der Waals surface area contributed by atoms with Gasteiger partial charge in [0.05, 0.1) is 5.92 Å². The van der Waals surface area contributed by atoms with Crippen LogP contribution in [0.2, 0.25) is 0 Å². The van der Waals surface area contributed by atoms with Gasteiger partial charge in [0.2, 0.25) is 0 Å². The standard InChI is InChI=1S/C30H46O3/c1-19(2)9-8-10-20(26(32)33)21-13-17-30(7)23-11-12-24-27(3,4)25(31)15-16-28(24,5)22(23)14-18-29(21,30)6/h9,20-21,24H,8,10-18H2,1-7H3,(H,32,33)/t20-,21-,24+,28+,29-,30+/m0/s1. The van der Waals surface area contributed by atoms with Gasteiger partial charge in [-0.2, -0.15) is 0 Å². The maximum atomic E-state index is 12.8. The summed E-state index contributed by atoms with van der Waals surface area (Å²) in [6, 6.07) is 0. The first-order valence-electron chi connectivity index (χ1n) is 13.4. The first-order chi connectivity index (χ1) is 15.3. The van der Waals surface area contributed by atoms with Crippen molar-refractivity contribution in [2.45, 2.75) is 113 Å². The van der Waals surface area contributed by atoms with Crippen LogP contribution in [0.5, 0.6) is 0 Å². The third-order valence-corrected chi connectivity index (χ3v) is 11.4. The molecule has 3 nitrogen and oxygen atoms in total. The first kappa shape index (κ1) is 24.7. The smallest absolute Gasteiger partial charge is 0.306 e. The number of fused-ring (bicyclic) bond motifs is 4. The molecule has 2 saturated carbocycles. The van der Waals surface area contributed by atoms with Gasteiger partial charge in [-0.05, 0) is 99.7 Å². The summed E-state index contributed by atoms with van der Waals surface area (Å²) in [6.45, 7) is 15.9. The molecule has 0 spiro atoms. The second-order valence-corrected chi connectivity index (χ2v) is 13.3. The predicted octanol–water partition coefficient (Wildman–Crippen LogP) is 7.75. The molecule has 3 heteroatoms. The van der Waals surface area contributed by atoms with Gasteiger partial charge in [0, 0.05) is 11.8 Å². The summed E-state index contributed by atoms with van der Waals surface area (Å²) in [5.41, 5.74) is 4.63. The number of ketones is 1. The zero-order valence-electron chi connectivity index (χ0n) is 22.1. The maximum absolute atomic E-state index is 12.8. The third kappa shape index (κ3) is 3.50. The quantitative estimate of drug-likeness (QED) is 0.432. The molecule has 4 rings (SSSR count). The number of carbonyl (C=O) groups is 2. The van der Waals surface area contributed by atoms with Crippen molar-refractivity contribution in [3.63, 3.8) is 0 Å². The fraction of sp³-hybridized carbons (Fsp3) is 0.800. The van der Waals surface area contributed by atoms with Crippen molar-refractivity contribution in [3.05, 3.63) is 22.8 Å². The lowest BCUT2D eigenvalue weighted by Gasteiger charge is -2.60. The fourth-order valence-electron chi connectivity index (χ4n) is 9.22. The molecule has 1 N–H and O–H groups in total. The van der Waals surface area contributed by atoms with Crippen LogP contribution in [0.1, 0.15) is 113 Å². The average molecular weight is 455 g/mol. The Morgan fingerprint density at radius 3 is 2.33 bits per heavy atom. The van der Waals surface area contributed by atoms with Crippen LogP contribution in [-0.4, -0.2) is 16.9 Å². The highest BCUT2D eigenvalue weighted by atomic mass is 16.4. The molecular formula is C30H46O3. The topological polar surface area (TPSA) is 54.4 Å². The molecule has 6 atom stereocenters. The van der Waals surface area contributed by atoms with E-state index in [9.17, 15) is 14.7 Å². The van der Waals surface area contributed by atoms with E-state index in [1.54, 1.807) is 11.1 Å². The highest BCUT2D eigenvalue weighted by Gasteiger charge is 2.64. The number of carboxylic acids is 1. The van der Waals surface area contributed by atoms with Crippen LogP contribution in [0.3, 0.4) is 0 Å². The molecule has 0 aromatic carbocycles. The van der Waals surface area contributed by atoms with E-state index >= 15 is 0 Å². The Kier molecular flexibility index (Phi) is 6.07. The molecule has 0 unspecified atom stereocenters. The molecule has 0 bridgehead atoms. The molecule has 0 aromatic heterocycles. The van der Waals surface area contributed by atoms with Gasteiger partial charge in [0.1, 0.15) is 5.78 Å². The Hall–Kier alpha value is -1.38. The lowest BCUT2D eigenvalue weighted by Crippen LogP contribution is -2.54. The molecule has 184 valence electrons. The van der Waals surface area contributed by atoms with Crippen LogP contribution in [0.15, 0.2) is 22.8 Å². The molecule has 0 aliphatic heterocycles. The Balaban J connectivity index is 1.70. The van der Waals surface area contributed by atoms with E-state index in [2.05, 4.69) is 54.5 Å². The van der Waals surface area contributed by atoms with Gasteiger partial charge in [-0.25, -0.2) is 0 Å². The lowest BCUT2D eigenvalue weighted by molar-refractivity contribution is -0.146. The van der Waals surface area contributed by atoms with E-state index in [0.29, 0.717) is 18.1 Å². The molecular weight excluding hydrogens is 408 g/mol. The van der Waals surface area contributed by atoms with Crippen molar-refractivity contribution in [2.75, 3.05) is 0 Å². The van der Waals surface area contributed by atoms with Crippen LogP contribution in [-0.2, 0) is 9.59 Å². The van der Waals surface area contributed by atoms with E-state index in [-0.39, 0.29) is 33.5 Å². The molecule has 0 radical (unpaired) electrons. The van der Waals surface area contributed by atoms with Gasteiger partial charge in [0.15, 0.2) is 0 Å². The minimum Gasteiger partial charge on any atom is -0.481 e. The Labute approximate surface area is 201 Å². The number of hydrogen-bond acceptors (Lipinski definition) is 2. The zero-order chi connectivity index (χ0) is 24.4. The van der Waals surface area contributed by atoms with Gasteiger partial charge in [-0.1, -0.05) is 57.4 Å². The number of carboxylic acid groups (broad SMARTS) is 1. The number of allylic oxidation sites excluding steroid dienone is 4. The monoisotopic (exact) mass is 454 g/mol. The molecule has 4 aliphatic carbocycles. The third-order valence-electron chi connectivity index (χ3n) is 11.4. The number of rotatable bonds is 5. The molecule has 4 aliphatic rings. The summed E-state index contributed by atoms with van der Waals surface area (Å²) in [5, 5.41) is 10.2. The van der Waals surface area contributed by atoms with Crippen LogP contribution >= 0.6 is 0 Å². The highest BCUT2D eigenvalue weighted by Crippen LogP contribution is 2.72. The molecule has 0 amide bonds. The molecule has 33 heavy (non-hydrogen) atoms. The van der Waals surface area contributed by atoms with E-state index in [0.717, 1.165) is 57.8 Å². The van der Waals surface area contributed by atoms with Gasteiger partial charge >= 0.3 is 5.97 Å². The van der Waals surface area contributed by atoms with Crippen molar-refractivity contribution in [1.82, 2.24) is 0 Å². The number of carbonyl (C=O) groups excluding carboxylic acids is 1.